The maximum atomic E-state index is 13.1. The van der Waals surface area contributed by atoms with Crippen LogP contribution in [0.5, 0.6) is 11.5 Å². The van der Waals surface area contributed by atoms with Crippen LogP contribution in [0.4, 0.5) is 4.39 Å². The summed E-state index contributed by atoms with van der Waals surface area (Å²) in [5, 5.41) is 0. The molecule has 106 valence electrons. The standard InChI is InChI=1S/C15H15BrFNO2/c1-19-12-5-2-10(3-6-12)14(18)9-20-15-8-11(17)4-7-13(15)16/h2-8,14H,9,18H2,1H3. The summed E-state index contributed by atoms with van der Waals surface area (Å²) in [6.45, 7) is 0.258. The molecule has 0 aliphatic rings. The lowest BCUT2D eigenvalue weighted by atomic mass is 10.1. The Morgan fingerprint density at radius 2 is 1.90 bits per heavy atom. The third kappa shape index (κ3) is 3.71. The van der Waals surface area contributed by atoms with Gasteiger partial charge in [-0.15, -0.1) is 0 Å². The van der Waals surface area contributed by atoms with Gasteiger partial charge in [0.1, 0.15) is 23.9 Å². The number of hydrogen-bond acceptors (Lipinski definition) is 3. The van der Waals surface area contributed by atoms with Crippen molar-refractivity contribution >= 4 is 15.9 Å². The van der Waals surface area contributed by atoms with Gasteiger partial charge in [-0.05, 0) is 45.8 Å². The molecule has 0 saturated heterocycles. The molecule has 0 amide bonds. The highest BCUT2D eigenvalue weighted by Gasteiger charge is 2.09. The summed E-state index contributed by atoms with van der Waals surface area (Å²) >= 11 is 3.31. The van der Waals surface area contributed by atoms with Gasteiger partial charge >= 0.3 is 0 Å². The van der Waals surface area contributed by atoms with Crippen molar-refractivity contribution in [2.45, 2.75) is 6.04 Å². The van der Waals surface area contributed by atoms with E-state index in [9.17, 15) is 4.39 Å². The molecule has 3 nitrogen and oxygen atoms in total. The molecule has 20 heavy (non-hydrogen) atoms. The molecule has 2 rings (SSSR count). The molecule has 2 aromatic rings. The first kappa shape index (κ1) is 14.8. The molecule has 0 aliphatic carbocycles. The largest absolute Gasteiger partial charge is 0.497 e. The molecule has 1 unspecified atom stereocenters. The third-order valence-electron chi connectivity index (χ3n) is 2.86. The highest BCUT2D eigenvalue weighted by atomic mass is 79.9. The third-order valence-corrected chi connectivity index (χ3v) is 3.51. The van der Waals surface area contributed by atoms with E-state index in [0.717, 1.165) is 11.3 Å². The molecule has 2 aromatic carbocycles. The second kappa shape index (κ2) is 6.72. The van der Waals surface area contributed by atoms with Gasteiger partial charge in [-0.25, -0.2) is 4.39 Å². The van der Waals surface area contributed by atoms with E-state index in [1.54, 1.807) is 13.2 Å². The molecule has 5 heteroatoms. The fourth-order valence-corrected chi connectivity index (χ4v) is 2.08. The first-order valence-corrected chi connectivity index (χ1v) is 6.87. The first-order valence-electron chi connectivity index (χ1n) is 6.07. The Morgan fingerprint density at radius 1 is 1.20 bits per heavy atom. The van der Waals surface area contributed by atoms with Crippen molar-refractivity contribution in [3.63, 3.8) is 0 Å². The van der Waals surface area contributed by atoms with Crippen molar-refractivity contribution < 1.29 is 13.9 Å². The zero-order valence-corrected chi connectivity index (χ0v) is 12.6. The van der Waals surface area contributed by atoms with E-state index in [-0.39, 0.29) is 18.5 Å². The summed E-state index contributed by atoms with van der Waals surface area (Å²) in [5.41, 5.74) is 6.98. The maximum Gasteiger partial charge on any atom is 0.136 e. The fraction of sp³-hybridized carbons (Fsp3) is 0.200. The van der Waals surface area contributed by atoms with Crippen LogP contribution in [0, 0.1) is 5.82 Å². The van der Waals surface area contributed by atoms with Crippen LogP contribution in [0.15, 0.2) is 46.9 Å². The van der Waals surface area contributed by atoms with Crippen LogP contribution >= 0.6 is 15.9 Å². The quantitative estimate of drug-likeness (QED) is 0.903. The number of ether oxygens (including phenoxy) is 2. The van der Waals surface area contributed by atoms with Crippen molar-refractivity contribution in [3.05, 3.63) is 58.3 Å². The van der Waals surface area contributed by atoms with E-state index in [0.29, 0.717) is 10.2 Å². The van der Waals surface area contributed by atoms with Crippen molar-refractivity contribution in [1.29, 1.82) is 0 Å². The predicted octanol–water partition coefficient (Wildman–Crippen LogP) is 3.68. The van der Waals surface area contributed by atoms with Crippen LogP contribution in [-0.4, -0.2) is 13.7 Å². The molecule has 1 atom stereocenters. The van der Waals surface area contributed by atoms with Gasteiger partial charge in [-0.2, -0.15) is 0 Å². The van der Waals surface area contributed by atoms with Gasteiger partial charge in [-0.1, -0.05) is 12.1 Å². The normalized spacial score (nSPS) is 12.0. The Balaban J connectivity index is 2.00. The number of rotatable bonds is 5. The monoisotopic (exact) mass is 339 g/mol. The lowest BCUT2D eigenvalue weighted by Crippen LogP contribution is -2.19. The van der Waals surface area contributed by atoms with Crippen LogP contribution < -0.4 is 15.2 Å². The fourth-order valence-electron chi connectivity index (χ4n) is 1.71. The summed E-state index contributed by atoms with van der Waals surface area (Å²) in [5.74, 6) is 0.866. The van der Waals surface area contributed by atoms with Crippen LogP contribution in [0.25, 0.3) is 0 Å². The predicted molar refractivity (Wildman–Crippen MR) is 79.5 cm³/mol. The summed E-state index contributed by atoms with van der Waals surface area (Å²) in [4.78, 5) is 0. The highest BCUT2D eigenvalue weighted by Crippen LogP contribution is 2.26. The van der Waals surface area contributed by atoms with E-state index in [1.165, 1.54) is 12.1 Å². The van der Waals surface area contributed by atoms with Crippen LogP contribution in [0.3, 0.4) is 0 Å². The Bertz CT molecular complexity index is 575. The van der Waals surface area contributed by atoms with E-state index in [1.807, 2.05) is 24.3 Å². The Labute approximate surface area is 125 Å². The van der Waals surface area contributed by atoms with E-state index in [2.05, 4.69) is 15.9 Å². The lowest BCUT2D eigenvalue weighted by Gasteiger charge is -2.15. The van der Waals surface area contributed by atoms with Crippen molar-refractivity contribution in [2.75, 3.05) is 13.7 Å². The summed E-state index contributed by atoms with van der Waals surface area (Å²) in [6, 6.07) is 11.4. The van der Waals surface area contributed by atoms with Gasteiger partial charge in [0, 0.05) is 6.07 Å². The van der Waals surface area contributed by atoms with Crippen molar-refractivity contribution in [3.8, 4) is 11.5 Å². The topological polar surface area (TPSA) is 44.5 Å². The van der Waals surface area contributed by atoms with Gasteiger partial charge in [0.25, 0.3) is 0 Å². The van der Waals surface area contributed by atoms with Crippen molar-refractivity contribution in [1.82, 2.24) is 0 Å². The Morgan fingerprint density at radius 3 is 2.55 bits per heavy atom. The molecule has 0 radical (unpaired) electrons. The minimum absolute atomic E-state index is 0.258. The van der Waals surface area contributed by atoms with E-state index >= 15 is 0 Å². The molecular formula is C15H15BrFNO2. The van der Waals surface area contributed by atoms with Gasteiger partial charge in [0.15, 0.2) is 0 Å². The maximum absolute atomic E-state index is 13.1. The summed E-state index contributed by atoms with van der Waals surface area (Å²) in [7, 11) is 1.61. The second-order valence-electron chi connectivity index (χ2n) is 4.27. The van der Waals surface area contributed by atoms with Gasteiger partial charge < -0.3 is 15.2 Å². The number of halogens is 2. The van der Waals surface area contributed by atoms with Gasteiger partial charge in [-0.3, -0.25) is 0 Å². The zero-order chi connectivity index (χ0) is 14.5. The van der Waals surface area contributed by atoms with E-state index < -0.39 is 0 Å². The molecule has 0 bridgehead atoms. The molecule has 0 aromatic heterocycles. The molecule has 0 saturated carbocycles. The summed E-state index contributed by atoms with van der Waals surface area (Å²) in [6.07, 6.45) is 0. The molecule has 0 fully saturated rings. The number of hydrogen-bond donors (Lipinski definition) is 1. The number of methoxy groups -OCH3 is 1. The smallest absolute Gasteiger partial charge is 0.136 e. The first-order chi connectivity index (χ1) is 9.60. The number of nitrogens with two attached hydrogens (primary N) is 1. The lowest BCUT2D eigenvalue weighted by molar-refractivity contribution is 0.287. The van der Waals surface area contributed by atoms with Crippen LogP contribution in [0.2, 0.25) is 0 Å². The average Bonchev–Trinajstić information content (AvgIpc) is 2.48. The van der Waals surface area contributed by atoms with Crippen LogP contribution in [0.1, 0.15) is 11.6 Å². The SMILES string of the molecule is COc1ccc(C(N)COc2cc(F)ccc2Br)cc1. The van der Waals surface area contributed by atoms with Gasteiger partial charge in [0.2, 0.25) is 0 Å². The molecule has 0 aliphatic heterocycles. The number of benzene rings is 2. The van der Waals surface area contributed by atoms with E-state index in [4.69, 9.17) is 15.2 Å². The average molecular weight is 340 g/mol. The Kier molecular flexibility index (Phi) is 4.98. The Hall–Kier alpha value is -1.59. The minimum Gasteiger partial charge on any atom is -0.497 e. The second-order valence-corrected chi connectivity index (χ2v) is 5.12. The highest BCUT2D eigenvalue weighted by molar-refractivity contribution is 9.10. The molecular weight excluding hydrogens is 325 g/mol. The van der Waals surface area contributed by atoms with Crippen molar-refractivity contribution in [2.24, 2.45) is 5.73 Å². The van der Waals surface area contributed by atoms with Crippen LogP contribution in [-0.2, 0) is 0 Å². The zero-order valence-electron chi connectivity index (χ0n) is 11.0. The summed E-state index contributed by atoms with van der Waals surface area (Å²) < 4.78 is 24.5. The molecule has 2 N–H and O–H groups in total. The molecule has 0 heterocycles. The molecule has 0 spiro atoms. The minimum atomic E-state index is -0.346. The van der Waals surface area contributed by atoms with Gasteiger partial charge in [0.05, 0.1) is 17.6 Å².